The quantitative estimate of drug-likeness (QED) is 0.413. The van der Waals surface area contributed by atoms with E-state index in [0.717, 1.165) is 5.57 Å². The monoisotopic (exact) mass is 492 g/mol. The summed E-state index contributed by atoms with van der Waals surface area (Å²) in [6.45, 7) is 6.10. The highest BCUT2D eigenvalue weighted by Crippen LogP contribution is 2.45. The molecule has 0 fully saturated rings. The molecule has 0 saturated carbocycles. The molecule has 5 atom stereocenters. The molecule has 3 N–H and O–H groups in total. The summed E-state index contributed by atoms with van der Waals surface area (Å²) in [6, 6.07) is 16.4. The number of aliphatic hydroxyl groups excluding tert-OH is 2. The van der Waals surface area contributed by atoms with Crippen LogP contribution in [0, 0.1) is 0 Å². The Morgan fingerprint density at radius 3 is 1.83 bits per heavy atom. The third-order valence-electron chi connectivity index (χ3n) is 6.10. The first-order valence-electron chi connectivity index (χ1n) is 12.3. The van der Waals surface area contributed by atoms with Crippen LogP contribution < -0.4 is 0 Å². The molecule has 0 spiro atoms. The van der Waals surface area contributed by atoms with E-state index in [4.69, 9.17) is 19.7 Å². The molecule has 2 aliphatic rings. The number of aliphatic carboxylic acids is 1. The van der Waals surface area contributed by atoms with Gasteiger partial charge < -0.3 is 24.8 Å². The van der Waals surface area contributed by atoms with Gasteiger partial charge in [-0.2, -0.15) is 0 Å². The summed E-state index contributed by atoms with van der Waals surface area (Å²) >= 11 is 0. The molecular formula is C30H36O6. The van der Waals surface area contributed by atoms with Crippen molar-refractivity contribution in [3.8, 4) is 0 Å². The number of hydrogen-bond donors (Lipinski definition) is 3. The van der Waals surface area contributed by atoms with E-state index in [1.807, 2.05) is 31.2 Å². The second kappa shape index (κ2) is 13.3. The molecule has 0 saturated heterocycles. The summed E-state index contributed by atoms with van der Waals surface area (Å²) in [5.74, 6) is -0.859. The molecule has 2 aliphatic carbocycles. The van der Waals surface area contributed by atoms with Crippen LogP contribution in [0.3, 0.4) is 0 Å². The molecule has 4 rings (SSSR count). The minimum Gasteiger partial charge on any atom is -0.478 e. The zero-order chi connectivity index (χ0) is 26.1. The summed E-state index contributed by atoms with van der Waals surface area (Å²) in [5, 5.41) is 27.0. The fourth-order valence-corrected chi connectivity index (χ4v) is 4.30. The average Bonchev–Trinajstić information content (AvgIpc) is 3.49. The number of aliphatic hydroxyl groups is 2. The summed E-state index contributed by atoms with van der Waals surface area (Å²) in [4.78, 5) is 11.4. The smallest absolute Gasteiger partial charge is 0.328 e. The first-order valence-corrected chi connectivity index (χ1v) is 12.3. The molecule has 5 unspecified atom stereocenters. The molecular weight excluding hydrogens is 456 g/mol. The summed E-state index contributed by atoms with van der Waals surface area (Å²) in [5.41, 5.74) is 5.61. The van der Waals surface area contributed by atoms with Gasteiger partial charge in [0.1, 0.15) is 0 Å². The third kappa shape index (κ3) is 7.48. The lowest BCUT2D eigenvalue weighted by Gasteiger charge is -2.21. The van der Waals surface area contributed by atoms with Crippen LogP contribution in [-0.4, -0.2) is 59.4 Å². The molecule has 0 amide bonds. The number of carboxylic acids is 1. The average molecular weight is 493 g/mol. The Morgan fingerprint density at radius 2 is 1.36 bits per heavy atom. The number of benzene rings is 2. The van der Waals surface area contributed by atoms with Crippen LogP contribution in [0.4, 0.5) is 0 Å². The molecule has 0 aliphatic heterocycles. The lowest BCUT2D eigenvalue weighted by molar-refractivity contribution is -0.131. The number of hydrogen-bond acceptors (Lipinski definition) is 5. The van der Waals surface area contributed by atoms with E-state index in [2.05, 4.69) is 48.6 Å². The normalized spacial score (nSPS) is 19.5. The van der Waals surface area contributed by atoms with Crippen LogP contribution in [0.2, 0.25) is 0 Å². The standard InChI is InChI=1S/C21H16O2.C9H20O4/c22-21(23)13-20(18-11-9-14-5-1-3-7-16(14)18)19-12-10-15-6-2-4-8-17(15)19;1-7(11)5-12-9(3)6-13-8(2)4-10/h1-13,18-19H,(H,22,23);7-11H,4-6H2,1-3H3. The van der Waals surface area contributed by atoms with Gasteiger partial charge in [-0.25, -0.2) is 4.79 Å². The Kier molecular flexibility index (Phi) is 10.2. The Hall–Kier alpha value is -3.03. The predicted octanol–water partition coefficient (Wildman–Crippen LogP) is 4.79. The van der Waals surface area contributed by atoms with E-state index >= 15 is 0 Å². The lowest BCUT2D eigenvalue weighted by atomic mass is 9.81. The molecule has 0 radical (unpaired) electrons. The highest BCUT2D eigenvalue weighted by molar-refractivity contribution is 5.83. The van der Waals surface area contributed by atoms with Crippen LogP contribution >= 0.6 is 0 Å². The van der Waals surface area contributed by atoms with Gasteiger partial charge >= 0.3 is 5.97 Å². The SMILES string of the molecule is CC(O)COC(C)COC(C)CO.O=C(O)C=C(C1C=Cc2ccccc21)C1C=Cc2ccccc21. The van der Waals surface area contributed by atoms with Crippen molar-refractivity contribution in [2.75, 3.05) is 19.8 Å². The number of carboxylic acid groups (broad SMARTS) is 1. The highest BCUT2D eigenvalue weighted by Gasteiger charge is 2.29. The van der Waals surface area contributed by atoms with Crippen molar-refractivity contribution in [2.45, 2.75) is 50.9 Å². The molecule has 2 aromatic rings. The lowest BCUT2D eigenvalue weighted by Crippen LogP contribution is -2.24. The van der Waals surface area contributed by atoms with Crippen LogP contribution in [0.1, 0.15) is 54.9 Å². The fraction of sp³-hybridized carbons (Fsp3) is 0.367. The van der Waals surface area contributed by atoms with Gasteiger partial charge in [-0.1, -0.05) is 72.8 Å². The van der Waals surface area contributed by atoms with Gasteiger partial charge in [0, 0.05) is 17.9 Å². The molecule has 0 heterocycles. The molecule has 6 nitrogen and oxygen atoms in total. The maximum Gasteiger partial charge on any atom is 0.328 e. The Bertz CT molecular complexity index is 1040. The van der Waals surface area contributed by atoms with E-state index in [-0.39, 0.29) is 30.7 Å². The fourth-order valence-electron chi connectivity index (χ4n) is 4.30. The van der Waals surface area contributed by atoms with Gasteiger partial charge in [0.25, 0.3) is 0 Å². The molecule has 0 aromatic heterocycles. The number of carbonyl (C=O) groups is 1. The van der Waals surface area contributed by atoms with E-state index in [0.29, 0.717) is 13.2 Å². The second-order valence-electron chi connectivity index (χ2n) is 9.23. The van der Waals surface area contributed by atoms with Gasteiger partial charge in [0.2, 0.25) is 0 Å². The third-order valence-corrected chi connectivity index (χ3v) is 6.10. The maximum absolute atomic E-state index is 11.4. The van der Waals surface area contributed by atoms with E-state index in [1.165, 1.54) is 28.3 Å². The van der Waals surface area contributed by atoms with Gasteiger partial charge in [0.05, 0.1) is 38.1 Å². The van der Waals surface area contributed by atoms with Gasteiger partial charge in [-0.3, -0.25) is 0 Å². The van der Waals surface area contributed by atoms with Crippen molar-refractivity contribution in [1.82, 2.24) is 0 Å². The van der Waals surface area contributed by atoms with Crippen LogP contribution in [0.25, 0.3) is 12.2 Å². The molecule has 6 heteroatoms. The van der Waals surface area contributed by atoms with Crippen LogP contribution in [0.15, 0.2) is 72.3 Å². The minimum absolute atomic E-state index is 0.0168. The Morgan fingerprint density at radius 1 is 0.861 bits per heavy atom. The highest BCUT2D eigenvalue weighted by atomic mass is 16.5. The molecule has 0 bridgehead atoms. The first kappa shape index (κ1) is 27.6. The number of allylic oxidation sites excluding steroid dienone is 3. The first-order chi connectivity index (χ1) is 17.3. The zero-order valence-electron chi connectivity index (χ0n) is 21.1. The van der Waals surface area contributed by atoms with Crippen LogP contribution in [0.5, 0.6) is 0 Å². The minimum atomic E-state index is -0.893. The van der Waals surface area contributed by atoms with E-state index < -0.39 is 12.1 Å². The molecule has 192 valence electrons. The summed E-state index contributed by atoms with van der Waals surface area (Å²) in [6.07, 6.45) is 9.11. The van der Waals surface area contributed by atoms with Crippen molar-refractivity contribution >= 4 is 18.1 Å². The summed E-state index contributed by atoms with van der Waals surface area (Å²) in [7, 11) is 0. The Labute approximate surface area is 213 Å². The predicted molar refractivity (Wildman–Crippen MR) is 142 cm³/mol. The van der Waals surface area contributed by atoms with Crippen molar-refractivity contribution in [2.24, 2.45) is 0 Å². The number of ether oxygens (including phenoxy) is 2. The second-order valence-corrected chi connectivity index (χ2v) is 9.23. The number of fused-ring (bicyclic) bond motifs is 2. The van der Waals surface area contributed by atoms with E-state index in [9.17, 15) is 9.90 Å². The van der Waals surface area contributed by atoms with Gasteiger partial charge in [0.15, 0.2) is 0 Å². The summed E-state index contributed by atoms with van der Waals surface area (Å²) < 4.78 is 10.5. The van der Waals surface area contributed by atoms with Crippen molar-refractivity contribution in [3.05, 3.63) is 94.6 Å². The Balaban J connectivity index is 0.000000240. The topological polar surface area (TPSA) is 96.2 Å². The van der Waals surface area contributed by atoms with Crippen molar-refractivity contribution < 1.29 is 29.6 Å². The van der Waals surface area contributed by atoms with Crippen LogP contribution in [-0.2, 0) is 14.3 Å². The van der Waals surface area contributed by atoms with Gasteiger partial charge in [-0.05, 0) is 48.6 Å². The maximum atomic E-state index is 11.4. The zero-order valence-corrected chi connectivity index (χ0v) is 21.1. The van der Waals surface area contributed by atoms with Crippen molar-refractivity contribution in [1.29, 1.82) is 0 Å². The molecule has 36 heavy (non-hydrogen) atoms. The molecule has 2 aromatic carbocycles. The van der Waals surface area contributed by atoms with Crippen molar-refractivity contribution in [3.63, 3.8) is 0 Å². The van der Waals surface area contributed by atoms with Gasteiger partial charge in [-0.15, -0.1) is 0 Å². The largest absolute Gasteiger partial charge is 0.478 e. The van der Waals surface area contributed by atoms with E-state index in [1.54, 1.807) is 13.8 Å². The number of rotatable bonds is 10.